The first-order chi connectivity index (χ1) is 8.70. The molecule has 0 atom stereocenters. The molecule has 0 radical (unpaired) electrons. The fourth-order valence-corrected chi connectivity index (χ4v) is 1.91. The average Bonchev–Trinajstić information content (AvgIpc) is 2.63. The van der Waals surface area contributed by atoms with Crippen LogP contribution in [0.1, 0.15) is 22.3 Å². The normalized spacial score (nSPS) is 16.1. The summed E-state index contributed by atoms with van der Waals surface area (Å²) in [4.78, 5) is 25.0. The number of hydrogen-bond donors (Lipinski definition) is 2. The number of rotatable bonds is 2. The number of nitrogens with zero attached hydrogens (tertiary/aromatic N) is 1. The lowest BCUT2D eigenvalue weighted by molar-refractivity contribution is -0.120. The van der Waals surface area contributed by atoms with Crippen LogP contribution in [-0.4, -0.2) is 41.5 Å². The van der Waals surface area contributed by atoms with E-state index in [9.17, 15) is 9.59 Å². The molecule has 0 spiro atoms. The Morgan fingerprint density at radius 3 is 2.67 bits per heavy atom. The number of carbonyl (C=O) groups is 2. The van der Waals surface area contributed by atoms with Crippen LogP contribution in [0.3, 0.4) is 0 Å². The minimum absolute atomic E-state index is 0.0130. The Labute approximate surface area is 105 Å². The van der Waals surface area contributed by atoms with Crippen LogP contribution in [0, 0.1) is 0 Å². The Kier molecular flexibility index (Phi) is 3.94. The first-order valence-electron chi connectivity index (χ1n) is 5.96. The van der Waals surface area contributed by atoms with Crippen molar-refractivity contribution in [1.29, 1.82) is 0 Å². The van der Waals surface area contributed by atoms with Crippen LogP contribution in [0.2, 0.25) is 0 Å². The van der Waals surface area contributed by atoms with Crippen LogP contribution < -0.4 is 5.32 Å². The van der Waals surface area contributed by atoms with Crippen molar-refractivity contribution in [1.82, 2.24) is 10.2 Å². The number of benzene rings is 1. The molecule has 0 aliphatic carbocycles. The minimum atomic E-state index is -0.0732. The first-order valence-corrected chi connectivity index (χ1v) is 5.96. The zero-order valence-corrected chi connectivity index (χ0v) is 10.1. The van der Waals surface area contributed by atoms with E-state index >= 15 is 0 Å². The third kappa shape index (κ3) is 2.87. The fourth-order valence-electron chi connectivity index (χ4n) is 1.91. The van der Waals surface area contributed by atoms with Crippen LogP contribution in [-0.2, 0) is 11.4 Å². The highest BCUT2D eigenvalue weighted by atomic mass is 16.3. The van der Waals surface area contributed by atoms with E-state index in [4.69, 9.17) is 5.11 Å². The Morgan fingerprint density at radius 2 is 2.00 bits per heavy atom. The quantitative estimate of drug-likeness (QED) is 0.782. The lowest BCUT2D eigenvalue weighted by atomic mass is 10.1. The van der Waals surface area contributed by atoms with Crippen LogP contribution in [0.4, 0.5) is 0 Å². The van der Waals surface area contributed by atoms with Gasteiger partial charge in [-0.2, -0.15) is 0 Å². The number of aliphatic hydroxyl groups excluding tert-OH is 1. The molecule has 5 heteroatoms. The van der Waals surface area contributed by atoms with Crippen molar-refractivity contribution in [2.45, 2.75) is 13.0 Å². The summed E-state index contributed by atoms with van der Waals surface area (Å²) in [6.07, 6.45) is 0.348. The summed E-state index contributed by atoms with van der Waals surface area (Å²) in [5.74, 6) is -0.0862. The maximum absolute atomic E-state index is 12.2. The largest absolute Gasteiger partial charge is 0.392 e. The molecule has 0 bridgehead atoms. The van der Waals surface area contributed by atoms with Crippen molar-refractivity contribution < 1.29 is 14.7 Å². The Balaban J connectivity index is 2.07. The molecular formula is C13H16N2O3. The molecule has 1 fully saturated rings. The van der Waals surface area contributed by atoms with E-state index in [-0.39, 0.29) is 18.4 Å². The smallest absolute Gasteiger partial charge is 0.253 e. The number of carbonyl (C=O) groups excluding carboxylic acids is 2. The molecule has 1 aromatic carbocycles. The van der Waals surface area contributed by atoms with Gasteiger partial charge in [0.25, 0.3) is 5.91 Å². The van der Waals surface area contributed by atoms with E-state index in [1.807, 2.05) is 0 Å². The molecule has 18 heavy (non-hydrogen) atoms. The van der Waals surface area contributed by atoms with Gasteiger partial charge in [0.05, 0.1) is 6.61 Å². The van der Waals surface area contributed by atoms with E-state index in [1.54, 1.807) is 29.2 Å². The molecular weight excluding hydrogens is 232 g/mol. The van der Waals surface area contributed by atoms with Crippen molar-refractivity contribution in [3.05, 3.63) is 35.4 Å². The van der Waals surface area contributed by atoms with Gasteiger partial charge in [0.15, 0.2) is 0 Å². The van der Waals surface area contributed by atoms with E-state index < -0.39 is 0 Å². The van der Waals surface area contributed by atoms with Crippen molar-refractivity contribution >= 4 is 11.8 Å². The average molecular weight is 248 g/mol. The van der Waals surface area contributed by atoms with Crippen LogP contribution in [0.15, 0.2) is 24.3 Å². The zero-order valence-electron chi connectivity index (χ0n) is 10.1. The van der Waals surface area contributed by atoms with Gasteiger partial charge in [-0.05, 0) is 17.7 Å². The molecule has 96 valence electrons. The van der Waals surface area contributed by atoms with Gasteiger partial charge in [-0.3, -0.25) is 9.59 Å². The van der Waals surface area contributed by atoms with Crippen LogP contribution >= 0.6 is 0 Å². The highest BCUT2D eigenvalue weighted by Gasteiger charge is 2.19. The third-order valence-corrected chi connectivity index (χ3v) is 2.98. The maximum atomic E-state index is 12.2. The summed E-state index contributed by atoms with van der Waals surface area (Å²) in [6, 6.07) is 6.87. The second kappa shape index (κ2) is 5.64. The maximum Gasteiger partial charge on any atom is 0.253 e. The number of hydrogen-bond acceptors (Lipinski definition) is 3. The van der Waals surface area contributed by atoms with Crippen molar-refractivity contribution in [3.8, 4) is 0 Å². The standard InChI is InChI=1S/C13H16N2O3/c16-9-10-1-3-11(4-2-10)13(18)15-7-5-12(17)14-6-8-15/h1-4,16H,5-9H2,(H,14,17). The lowest BCUT2D eigenvalue weighted by Crippen LogP contribution is -2.34. The van der Waals surface area contributed by atoms with E-state index in [1.165, 1.54) is 0 Å². The highest BCUT2D eigenvalue weighted by Crippen LogP contribution is 2.09. The van der Waals surface area contributed by atoms with Gasteiger partial charge in [0.2, 0.25) is 5.91 Å². The number of amides is 2. The number of aliphatic hydroxyl groups is 1. The van der Waals surface area contributed by atoms with E-state index in [0.717, 1.165) is 5.56 Å². The summed E-state index contributed by atoms with van der Waals surface area (Å²) < 4.78 is 0. The number of nitrogens with one attached hydrogen (secondary N) is 1. The molecule has 2 N–H and O–H groups in total. The summed E-state index contributed by atoms with van der Waals surface area (Å²) in [5, 5.41) is 11.7. The molecule has 1 heterocycles. The molecule has 0 unspecified atom stereocenters. The van der Waals surface area contributed by atoms with Crippen molar-refractivity contribution in [3.63, 3.8) is 0 Å². The molecule has 1 aliphatic rings. The van der Waals surface area contributed by atoms with Gasteiger partial charge in [-0.1, -0.05) is 12.1 Å². The molecule has 2 rings (SSSR count). The van der Waals surface area contributed by atoms with Gasteiger partial charge in [-0.25, -0.2) is 0 Å². The Morgan fingerprint density at radius 1 is 1.28 bits per heavy atom. The van der Waals surface area contributed by atoms with Crippen molar-refractivity contribution in [2.75, 3.05) is 19.6 Å². The fraction of sp³-hybridized carbons (Fsp3) is 0.385. The highest BCUT2D eigenvalue weighted by molar-refractivity contribution is 5.94. The third-order valence-electron chi connectivity index (χ3n) is 2.98. The van der Waals surface area contributed by atoms with Gasteiger partial charge in [-0.15, -0.1) is 0 Å². The van der Waals surface area contributed by atoms with Gasteiger partial charge in [0.1, 0.15) is 0 Å². The summed E-state index contributed by atoms with van der Waals surface area (Å²) in [7, 11) is 0. The zero-order chi connectivity index (χ0) is 13.0. The SMILES string of the molecule is O=C1CCN(C(=O)c2ccc(CO)cc2)CCN1. The second-order valence-electron chi connectivity index (χ2n) is 4.25. The van der Waals surface area contributed by atoms with Crippen LogP contribution in [0.25, 0.3) is 0 Å². The molecule has 1 aliphatic heterocycles. The minimum Gasteiger partial charge on any atom is -0.392 e. The molecule has 1 aromatic rings. The summed E-state index contributed by atoms with van der Waals surface area (Å²) in [5.41, 5.74) is 1.36. The van der Waals surface area contributed by atoms with Gasteiger partial charge >= 0.3 is 0 Å². The van der Waals surface area contributed by atoms with Crippen molar-refractivity contribution in [2.24, 2.45) is 0 Å². The first kappa shape index (κ1) is 12.6. The predicted octanol–water partition coefficient (Wildman–Crippen LogP) is 0.141. The Hall–Kier alpha value is -1.88. The molecule has 0 aromatic heterocycles. The molecule has 5 nitrogen and oxygen atoms in total. The lowest BCUT2D eigenvalue weighted by Gasteiger charge is -2.19. The summed E-state index contributed by atoms with van der Waals surface area (Å²) in [6.45, 7) is 1.45. The molecule has 0 saturated carbocycles. The molecule has 1 saturated heterocycles. The summed E-state index contributed by atoms with van der Waals surface area (Å²) >= 11 is 0. The molecule has 2 amide bonds. The Bertz CT molecular complexity index is 442. The van der Waals surface area contributed by atoms with Gasteiger partial charge in [0, 0.05) is 31.6 Å². The van der Waals surface area contributed by atoms with E-state index in [0.29, 0.717) is 31.6 Å². The second-order valence-corrected chi connectivity index (χ2v) is 4.25. The van der Waals surface area contributed by atoms with Crippen LogP contribution in [0.5, 0.6) is 0 Å². The van der Waals surface area contributed by atoms with Gasteiger partial charge < -0.3 is 15.3 Å². The predicted molar refractivity (Wildman–Crippen MR) is 65.9 cm³/mol. The topological polar surface area (TPSA) is 69.6 Å². The monoisotopic (exact) mass is 248 g/mol. The van der Waals surface area contributed by atoms with E-state index in [2.05, 4.69) is 5.32 Å².